The predicted octanol–water partition coefficient (Wildman–Crippen LogP) is 1.13. The fourth-order valence-electron chi connectivity index (χ4n) is 2.66. The lowest BCUT2D eigenvalue weighted by atomic mass is 9.91. The largest absolute Gasteiger partial charge is 0.396 e. The SMILES string of the molecule is CC1(C(=O)NCCCCCCO)CC(=O)N=C2C=CC=CN21. The molecular formula is C16H23N3O3. The van der Waals surface area contributed by atoms with Crippen LogP contribution in [0.3, 0.4) is 0 Å². The van der Waals surface area contributed by atoms with E-state index in [2.05, 4.69) is 10.3 Å². The smallest absolute Gasteiger partial charge is 0.250 e. The van der Waals surface area contributed by atoms with Gasteiger partial charge in [-0.15, -0.1) is 0 Å². The number of carbonyl (C=O) groups is 2. The van der Waals surface area contributed by atoms with Gasteiger partial charge in [0.15, 0.2) is 0 Å². The third kappa shape index (κ3) is 3.62. The van der Waals surface area contributed by atoms with Gasteiger partial charge in [-0.05, 0) is 31.9 Å². The Morgan fingerprint density at radius 3 is 2.91 bits per heavy atom. The molecule has 6 heteroatoms. The van der Waals surface area contributed by atoms with Gasteiger partial charge in [0.2, 0.25) is 5.91 Å². The number of amides is 2. The summed E-state index contributed by atoms with van der Waals surface area (Å²) in [5.41, 5.74) is -0.930. The molecule has 6 nitrogen and oxygen atoms in total. The highest BCUT2D eigenvalue weighted by Gasteiger charge is 2.44. The number of allylic oxidation sites excluding steroid dienone is 2. The number of carbonyl (C=O) groups excluding carboxylic acids is 2. The summed E-state index contributed by atoms with van der Waals surface area (Å²) in [6.45, 7) is 2.56. The molecule has 0 aliphatic carbocycles. The van der Waals surface area contributed by atoms with Gasteiger partial charge in [0, 0.05) is 19.4 Å². The van der Waals surface area contributed by atoms with Crippen molar-refractivity contribution in [3.8, 4) is 0 Å². The Kier molecular flexibility index (Phi) is 5.49. The number of nitrogens with one attached hydrogen (secondary N) is 1. The average molecular weight is 305 g/mol. The van der Waals surface area contributed by atoms with E-state index in [1.54, 1.807) is 30.2 Å². The Morgan fingerprint density at radius 2 is 2.14 bits per heavy atom. The van der Waals surface area contributed by atoms with E-state index in [-0.39, 0.29) is 24.8 Å². The van der Waals surface area contributed by atoms with Crippen molar-refractivity contribution in [3.05, 3.63) is 24.4 Å². The second-order valence-corrected chi connectivity index (χ2v) is 5.78. The molecule has 2 rings (SSSR count). The Balaban J connectivity index is 1.93. The number of hydrogen-bond acceptors (Lipinski definition) is 4. The molecule has 120 valence electrons. The summed E-state index contributed by atoms with van der Waals surface area (Å²) in [6.07, 6.45) is 10.8. The number of amidine groups is 1. The van der Waals surface area contributed by atoms with E-state index >= 15 is 0 Å². The Labute approximate surface area is 130 Å². The van der Waals surface area contributed by atoms with Gasteiger partial charge in [0.1, 0.15) is 11.4 Å². The average Bonchev–Trinajstić information content (AvgIpc) is 2.50. The van der Waals surface area contributed by atoms with Crippen LogP contribution in [0.5, 0.6) is 0 Å². The fourth-order valence-corrected chi connectivity index (χ4v) is 2.66. The zero-order valence-corrected chi connectivity index (χ0v) is 12.9. The molecule has 0 bridgehead atoms. The highest BCUT2D eigenvalue weighted by Crippen LogP contribution is 2.28. The second-order valence-electron chi connectivity index (χ2n) is 5.78. The topological polar surface area (TPSA) is 82.0 Å². The molecular weight excluding hydrogens is 282 g/mol. The van der Waals surface area contributed by atoms with Crippen molar-refractivity contribution in [2.45, 2.75) is 44.6 Å². The maximum Gasteiger partial charge on any atom is 0.250 e. The molecule has 0 radical (unpaired) electrons. The minimum atomic E-state index is -0.930. The number of aliphatic hydroxyl groups excluding tert-OH is 1. The first kappa shape index (κ1) is 16.4. The molecule has 2 N–H and O–H groups in total. The molecule has 0 saturated carbocycles. The summed E-state index contributed by atoms with van der Waals surface area (Å²) in [5.74, 6) is 0.0847. The van der Waals surface area contributed by atoms with Crippen LogP contribution in [0.25, 0.3) is 0 Å². The van der Waals surface area contributed by atoms with Crippen LogP contribution in [0.4, 0.5) is 0 Å². The molecule has 2 aliphatic rings. The van der Waals surface area contributed by atoms with E-state index in [4.69, 9.17) is 5.11 Å². The van der Waals surface area contributed by atoms with E-state index in [0.717, 1.165) is 25.7 Å². The summed E-state index contributed by atoms with van der Waals surface area (Å²) in [7, 11) is 0. The highest BCUT2D eigenvalue weighted by atomic mass is 16.3. The van der Waals surface area contributed by atoms with Gasteiger partial charge in [-0.1, -0.05) is 18.9 Å². The summed E-state index contributed by atoms with van der Waals surface area (Å²) in [6, 6.07) is 0. The molecule has 2 aliphatic heterocycles. The van der Waals surface area contributed by atoms with Gasteiger partial charge in [-0.3, -0.25) is 9.59 Å². The first-order valence-corrected chi connectivity index (χ1v) is 7.73. The van der Waals surface area contributed by atoms with Gasteiger partial charge in [-0.2, -0.15) is 4.99 Å². The van der Waals surface area contributed by atoms with Gasteiger partial charge in [0.25, 0.3) is 5.91 Å². The second kappa shape index (κ2) is 7.35. The number of aliphatic imine (C=N–C) groups is 1. The molecule has 0 fully saturated rings. The summed E-state index contributed by atoms with van der Waals surface area (Å²) in [5, 5.41) is 11.6. The molecule has 0 aromatic heterocycles. The van der Waals surface area contributed by atoms with Crippen molar-refractivity contribution in [1.82, 2.24) is 10.2 Å². The molecule has 22 heavy (non-hydrogen) atoms. The van der Waals surface area contributed by atoms with Crippen LogP contribution in [0.2, 0.25) is 0 Å². The minimum absolute atomic E-state index is 0.0744. The Hall–Kier alpha value is -1.95. The minimum Gasteiger partial charge on any atom is -0.396 e. The summed E-state index contributed by atoms with van der Waals surface area (Å²) < 4.78 is 0. The Morgan fingerprint density at radius 1 is 1.36 bits per heavy atom. The maximum atomic E-state index is 12.6. The molecule has 2 heterocycles. The summed E-state index contributed by atoms with van der Waals surface area (Å²) in [4.78, 5) is 30.1. The predicted molar refractivity (Wildman–Crippen MR) is 84.1 cm³/mol. The lowest BCUT2D eigenvalue weighted by molar-refractivity contribution is -0.134. The van der Waals surface area contributed by atoms with Crippen LogP contribution >= 0.6 is 0 Å². The molecule has 2 amide bonds. The van der Waals surface area contributed by atoms with E-state index in [0.29, 0.717) is 12.4 Å². The van der Waals surface area contributed by atoms with E-state index in [1.807, 2.05) is 6.08 Å². The number of aliphatic hydroxyl groups is 1. The van der Waals surface area contributed by atoms with Gasteiger partial charge < -0.3 is 15.3 Å². The zero-order valence-electron chi connectivity index (χ0n) is 12.9. The molecule has 0 aromatic carbocycles. The number of rotatable bonds is 7. The fraction of sp³-hybridized carbons (Fsp3) is 0.562. The van der Waals surface area contributed by atoms with Crippen molar-refractivity contribution in [1.29, 1.82) is 0 Å². The van der Waals surface area contributed by atoms with Crippen LogP contribution < -0.4 is 5.32 Å². The van der Waals surface area contributed by atoms with Crippen molar-refractivity contribution in [2.75, 3.05) is 13.2 Å². The number of hydrogen-bond donors (Lipinski definition) is 2. The standard InChI is InChI=1S/C16H23N3O3/c1-16(15(22)17-9-5-2-3-7-11-20)12-14(21)18-13-8-4-6-10-19(13)16/h4,6,8,10,20H,2-3,5,7,9,11-12H2,1H3,(H,17,22). The van der Waals surface area contributed by atoms with Crippen molar-refractivity contribution in [2.24, 2.45) is 4.99 Å². The van der Waals surface area contributed by atoms with Crippen LogP contribution in [0, 0.1) is 0 Å². The quantitative estimate of drug-likeness (QED) is 0.691. The third-order valence-electron chi connectivity index (χ3n) is 3.96. The van der Waals surface area contributed by atoms with E-state index < -0.39 is 5.54 Å². The zero-order chi connectivity index (χ0) is 16.0. The number of fused-ring (bicyclic) bond motifs is 1. The normalized spacial score (nSPS) is 23.3. The summed E-state index contributed by atoms with van der Waals surface area (Å²) >= 11 is 0. The molecule has 1 atom stereocenters. The van der Waals surface area contributed by atoms with Crippen LogP contribution in [-0.2, 0) is 9.59 Å². The monoisotopic (exact) mass is 305 g/mol. The first-order chi connectivity index (χ1) is 10.6. The van der Waals surface area contributed by atoms with E-state index in [1.165, 1.54) is 0 Å². The van der Waals surface area contributed by atoms with Crippen LogP contribution in [-0.4, -0.2) is 46.3 Å². The van der Waals surface area contributed by atoms with Gasteiger partial charge >= 0.3 is 0 Å². The van der Waals surface area contributed by atoms with Crippen molar-refractivity contribution in [3.63, 3.8) is 0 Å². The maximum absolute atomic E-state index is 12.6. The van der Waals surface area contributed by atoms with Crippen molar-refractivity contribution < 1.29 is 14.7 Å². The molecule has 0 saturated heterocycles. The van der Waals surface area contributed by atoms with Crippen molar-refractivity contribution >= 4 is 17.6 Å². The first-order valence-electron chi connectivity index (χ1n) is 7.73. The van der Waals surface area contributed by atoms with Gasteiger partial charge in [-0.25, -0.2) is 0 Å². The molecule has 1 unspecified atom stereocenters. The van der Waals surface area contributed by atoms with E-state index in [9.17, 15) is 9.59 Å². The highest BCUT2D eigenvalue weighted by molar-refractivity contribution is 6.09. The molecule has 0 spiro atoms. The lowest BCUT2D eigenvalue weighted by Gasteiger charge is -2.41. The van der Waals surface area contributed by atoms with Crippen LogP contribution in [0.1, 0.15) is 39.0 Å². The Bertz CT molecular complexity index is 525. The number of nitrogens with zero attached hydrogens (tertiary/aromatic N) is 2. The lowest BCUT2D eigenvalue weighted by Crippen LogP contribution is -2.60. The number of unbranched alkanes of at least 4 members (excludes halogenated alkanes) is 3. The van der Waals surface area contributed by atoms with Gasteiger partial charge in [0.05, 0.1) is 6.42 Å². The molecule has 0 aromatic rings. The third-order valence-corrected chi connectivity index (χ3v) is 3.96. The van der Waals surface area contributed by atoms with Crippen LogP contribution in [0.15, 0.2) is 29.4 Å².